The molecule has 0 unspecified atom stereocenters. The van der Waals surface area contributed by atoms with Gasteiger partial charge in [0.1, 0.15) is 5.69 Å². The number of rotatable bonds is 3. The van der Waals surface area contributed by atoms with E-state index in [0.29, 0.717) is 12.1 Å². The number of hydrogen-bond acceptors (Lipinski definition) is 3. The molecular weight excluding hydrogens is 354 g/mol. The number of hydrogen-bond donors (Lipinski definition) is 0. The molecule has 82 valence electrons. The highest BCUT2D eigenvalue weighted by Gasteiger charge is 2.14. The Hall–Kier alpha value is -0.520. The molecule has 0 N–H and O–H groups in total. The van der Waals surface area contributed by atoms with E-state index < -0.39 is 0 Å². The van der Waals surface area contributed by atoms with Crippen molar-refractivity contribution in [3.63, 3.8) is 0 Å². The Morgan fingerprint density at radius 3 is 2.75 bits per heavy atom. The van der Waals surface area contributed by atoms with Gasteiger partial charge in [0, 0.05) is 26.4 Å². The first-order valence-electron chi connectivity index (χ1n) is 4.54. The predicted molar refractivity (Wildman–Crippen MR) is 72.0 cm³/mol. The average Bonchev–Trinajstić information content (AvgIpc) is 2.65. The first-order chi connectivity index (χ1) is 7.68. The maximum atomic E-state index is 12.0. The van der Waals surface area contributed by atoms with Crippen LogP contribution in [0.4, 0.5) is 0 Å². The molecule has 0 saturated carbocycles. The monoisotopic (exact) mass is 359 g/mol. The summed E-state index contributed by atoms with van der Waals surface area (Å²) in [7, 11) is 0. The molecule has 5 heteroatoms. The molecular formula is C11H7Br2NOS. The van der Waals surface area contributed by atoms with Crippen molar-refractivity contribution in [1.82, 2.24) is 4.98 Å². The minimum atomic E-state index is 0.0237. The second-order valence-corrected chi connectivity index (χ2v) is 5.83. The van der Waals surface area contributed by atoms with Crippen LogP contribution in [-0.4, -0.2) is 10.8 Å². The van der Waals surface area contributed by atoms with Gasteiger partial charge in [-0.05, 0) is 55.4 Å². The van der Waals surface area contributed by atoms with Gasteiger partial charge in [0.15, 0.2) is 5.78 Å². The summed E-state index contributed by atoms with van der Waals surface area (Å²) in [6, 6.07) is 5.56. The molecule has 0 aliphatic heterocycles. The summed E-state index contributed by atoms with van der Waals surface area (Å²) in [6.07, 6.45) is 2.01. The Morgan fingerprint density at radius 1 is 1.31 bits per heavy atom. The maximum Gasteiger partial charge on any atom is 0.187 e. The van der Waals surface area contributed by atoms with E-state index in [1.165, 1.54) is 0 Å². The third-order valence-corrected chi connectivity index (χ3v) is 4.60. The summed E-state index contributed by atoms with van der Waals surface area (Å²) in [6.45, 7) is 0. The smallest absolute Gasteiger partial charge is 0.187 e. The van der Waals surface area contributed by atoms with E-state index in [1.807, 2.05) is 17.5 Å². The third kappa shape index (κ3) is 2.59. The van der Waals surface area contributed by atoms with E-state index in [-0.39, 0.29) is 5.78 Å². The Balaban J connectivity index is 2.22. The Morgan fingerprint density at radius 2 is 2.12 bits per heavy atom. The lowest BCUT2D eigenvalue weighted by molar-refractivity contribution is 0.0988. The molecule has 2 heterocycles. The molecule has 2 aromatic rings. The van der Waals surface area contributed by atoms with Crippen LogP contribution >= 0.6 is 43.2 Å². The van der Waals surface area contributed by atoms with Crippen molar-refractivity contribution in [1.29, 1.82) is 0 Å². The summed E-state index contributed by atoms with van der Waals surface area (Å²) in [5.74, 6) is 0.0237. The van der Waals surface area contributed by atoms with E-state index in [4.69, 9.17) is 0 Å². The van der Waals surface area contributed by atoms with Crippen LogP contribution in [0, 0.1) is 0 Å². The zero-order valence-electron chi connectivity index (χ0n) is 8.11. The first kappa shape index (κ1) is 12.0. The lowest BCUT2D eigenvalue weighted by atomic mass is 10.2. The summed E-state index contributed by atoms with van der Waals surface area (Å²) in [5, 5.41) is 1.96. The minimum absolute atomic E-state index is 0.0237. The van der Waals surface area contributed by atoms with E-state index >= 15 is 0 Å². The number of nitrogens with zero attached hydrogens (tertiary/aromatic N) is 1. The molecule has 0 saturated heterocycles. The van der Waals surface area contributed by atoms with E-state index in [0.717, 1.165) is 13.8 Å². The van der Waals surface area contributed by atoms with E-state index in [9.17, 15) is 4.79 Å². The van der Waals surface area contributed by atoms with Crippen LogP contribution in [0.2, 0.25) is 0 Å². The van der Waals surface area contributed by atoms with Crippen LogP contribution in [0.5, 0.6) is 0 Å². The lowest BCUT2D eigenvalue weighted by Crippen LogP contribution is -2.05. The number of carbonyl (C=O) groups excluding carboxylic acids is 1. The van der Waals surface area contributed by atoms with Gasteiger partial charge in [-0.2, -0.15) is 0 Å². The fourth-order valence-electron chi connectivity index (χ4n) is 1.27. The van der Waals surface area contributed by atoms with Crippen molar-refractivity contribution in [3.8, 4) is 0 Å². The molecule has 2 aromatic heterocycles. The normalized spacial score (nSPS) is 10.4. The van der Waals surface area contributed by atoms with Crippen LogP contribution < -0.4 is 0 Å². The van der Waals surface area contributed by atoms with Gasteiger partial charge in [0.05, 0.1) is 0 Å². The van der Waals surface area contributed by atoms with Crippen molar-refractivity contribution < 1.29 is 4.79 Å². The molecule has 0 aliphatic rings. The summed E-state index contributed by atoms with van der Waals surface area (Å²) in [5.41, 5.74) is 0.489. The average molecular weight is 361 g/mol. The van der Waals surface area contributed by atoms with Crippen LogP contribution in [-0.2, 0) is 6.42 Å². The highest BCUT2D eigenvalue weighted by atomic mass is 79.9. The number of ketones is 1. The Bertz CT molecular complexity index is 524. The molecule has 0 aliphatic carbocycles. The Kier molecular flexibility index (Phi) is 3.89. The van der Waals surface area contributed by atoms with Gasteiger partial charge >= 0.3 is 0 Å². The number of halogens is 2. The molecule has 2 nitrogen and oxygen atoms in total. The van der Waals surface area contributed by atoms with E-state index in [1.54, 1.807) is 23.6 Å². The van der Waals surface area contributed by atoms with Gasteiger partial charge in [-0.3, -0.25) is 9.78 Å². The van der Waals surface area contributed by atoms with Crippen LogP contribution in [0.1, 0.15) is 15.4 Å². The van der Waals surface area contributed by atoms with Gasteiger partial charge in [-0.25, -0.2) is 0 Å². The molecule has 0 aromatic carbocycles. The zero-order valence-corrected chi connectivity index (χ0v) is 12.1. The Labute approximate surface area is 114 Å². The topological polar surface area (TPSA) is 30.0 Å². The standard InChI is InChI=1S/C11H7Br2NOS/c12-7-3-5-16-10(7)6-9(15)11-8(13)2-1-4-14-11/h1-5H,6H2. The SMILES string of the molecule is O=C(Cc1sccc1Br)c1ncccc1Br. The summed E-state index contributed by atoms with van der Waals surface area (Å²) in [4.78, 5) is 17.1. The van der Waals surface area contributed by atoms with Gasteiger partial charge in [-0.15, -0.1) is 11.3 Å². The quantitative estimate of drug-likeness (QED) is 0.771. The van der Waals surface area contributed by atoms with Crippen molar-refractivity contribution in [3.05, 3.63) is 49.3 Å². The van der Waals surface area contributed by atoms with E-state index in [2.05, 4.69) is 36.8 Å². The molecule has 0 bridgehead atoms. The third-order valence-electron chi connectivity index (χ3n) is 2.03. The van der Waals surface area contributed by atoms with Crippen molar-refractivity contribution in [2.75, 3.05) is 0 Å². The number of pyridine rings is 1. The fraction of sp³-hybridized carbons (Fsp3) is 0.0909. The molecule has 2 rings (SSSR count). The molecule has 0 fully saturated rings. The maximum absolute atomic E-state index is 12.0. The molecule has 16 heavy (non-hydrogen) atoms. The van der Waals surface area contributed by atoms with Crippen molar-refractivity contribution in [2.45, 2.75) is 6.42 Å². The van der Waals surface area contributed by atoms with Gasteiger partial charge < -0.3 is 0 Å². The lowest BCUT2D eigenvalue weighted by Gasteiger charge is -2.01. The predicted octanol–water partition coefficient (Wildman–Crippen LogP) is 4.09. The fourth-order valence-corrected chi connectivity index (χ4v) is 3.24. The zero-order chi connectivity index (χ0) is 11.5. The van der Waals surface area contributed by atoms with Gasteiger partial charge in [0.25, 0.3) is 0 Å². The second-order valence-electron chi connectivity index (χ2n) is 3.13. The number of carbonyl (C=O) groups is 1. The van der Waals surface area contributed by atoms with Crippen LogP contribution in [0.15, 0.2) is 38.7 Å². The minimum Gasteiger partial charge on any atom is -0.292 e. The highest BCUT2D eigenvalue weighted by Crippen LogP contribution is 2.25. The summed E-state index contributed by atoms with van der Waals surface area (Å²) < 4.78 is 1.73. The molecule has 0 spiro atoms. The first-order valence-corrected chi connectivity index (χ1v) is 7.00. The number of thiophene rings is 1. The van der Waals surface area contributed by atoms with Crippen molar-refractivity contribution in [2.24, 2.45) is 0 Å². The number of aromatic nitrogens is 1. The largest absolute Gasteiger partial charge is 0.292 e. The molecule has 0 amide bonds. The highest BCUT2D eigenvalue weighted by molar-refractivity contribution is 9.10. The number of Topliss-reactive ketones (excluding diaryl/α,β-unsaturated/α-hetero) is 1. The van der Waals surface area contributed by atoms with Crippen LogP contribution in [0.25, 0.3) is 0 Å². The molecule has 0 radical (unpaired) electrons. The van der Waals surface area contributed by atoms with Crippen molar-refractivity contribution >= 4 is 49.0 Å². The van der Waals surface area contributed by atoms with Crippen LogP contribution in [0.3, 0.4) is 0 Å². The second kappa shape index (κ2) is 5.21. The summed E-state index contributed by atoms with van der Waals surface area (Å²) >= 11 is 8.31. The van der Waals surface area contributed by atoms with Gasteiger partial charge in [-0.1, -0.05) is 0 Å². The molecule has 0 atom stereocenters. The van der Waals surface area contributed by atoms with Gasteiger partial charge in [0.2, 0.25) is 0 Å².